The van der Waals surface area contributed by atoms with E-state index >= 15 is 0 Å². The summed E-state index contributed by atoms with van der Waals surface area (Å²) in [7, 11) is 3.46. The molecule has 0 aliphatic rings. The van der Waals surface area contributed by atoms with Crippen molar-refractivity contribution in [3.63, 3.8) is 0 Å². The first-order chi connectivity index (χ1) is 11.1. The third kappa shape index (κ3) is 2.78. The normalized spacial score (nSPS) is 11.2. The number of hydrazone groups is 1. The molecule has 0 radical (unpaired) electrons. The molecule has 0 bridgehead atoms. The largest absolute Gasteiger partial charge is 0.328 e. The molecular weight excluding hydrogens is 292 g/mol. The van der Waals surface area contributed by atoms with Crippen LogP contribution < -0.4 is 11.1 Å². The van der Waals surface area contributed by atoms with Crippen LogP contribution in [0.4, 0.5) is 0 Å². The molecule has 1 amide bonds. The molecule has 0 spiro atoms. The Morgan fingerprint density at radius 1 is 1.04 bits per heavy atom. The number of hydrogen-bond donors (Lipinski definition) is 1. The molecule has 3 aromatic rings. The molecule has 2 aromatic carbocycles. The number of aryl methyl sites for hydroxylation is 2. The van der Waals surface area contributed by atoms with Gasteiger partial charge in [0.2, 0.25) is 0 Å². The number of nitrogens with zero attached hydrogens (tertiary/aromatic N) is 3. The molecule has 1 heterocycles. The second-order valence-electron chi connectivity index (χ2n) is 5.21. The average molecular weight is 308 g/mol. The van der Waals surface area contributed by atoms with Crippen LogP contribution in [0.5, 0.6) is 0 Å². The van der Waals surface area contributed by atoms with Crippen LogP contribution in [0.15, 0.2) is 58.4 Å². The zero-order valence-electron chi connectivity index (χ0n) is 12.9. The lowest BCUT2D eigenvalue weighted by Crippen LogP contribution is -2.19. The number of carbonyl (C=O) groups excluding carboxylic acids is 1. The minimum absolute atomic E-state index is 0.0773. The highest BCUT2D eigenvalue weighted by Gasteiger charge is 2.07. The number of aromatic nitrogens is 2. The lowest BCUT2D eigenvalue weighted by molar-refractivity contribution is 0.0955. The maximum absolute atomic E-state index is 11.9. The quantitative estimate of drug-likeness (QED) is 0.590. The van der Waals surface area contributed by atoms with Crippen molar-refractivity contribution in [1.29, 1.82) is 0 Å². The standard InChI is InChI=1S/C17H16N4O2/c1-20-14-9-8-12(10-15(14)21(2)17(20)23)11-18-19-16(22)13-6-4-3-5-7-13/h3-11H,1-2H3,(H,19,22)/b18-11+. The van der Waals surface area contributed by atoms with Gasteiger partial charge < -0.3 is 0 Å². The van der Waals surface area contributed by atoms with Gasteiger partial charge in [0.15, 0.2) is 0 Å². The van der Waals surface area contributed by atoms with Crippen molar-refractivity contribution in [1.82, 2.24) is 14.6 Å². The van der Waals surface area contributed by atoms with Gasteiger partial charge in [-0.15, -0.1) is 0 Å². The summed E-state index contributed by atoms with van der Waals surface area (Å²) in [6, 6.07) is 14.4. The number of benzene rings is 2. The minimum atomic E-state index is -0.268. The number of carbonyl (C=O) groups is 1. The molecule has 0 aliphatic carbocycles. The Morgan fingerprint density at radius 2 is 1.74 bits per heavy atom. The van der Waals surface area contributed by atoms with Gasteiger partial charge in [0, 0.05) is 19.7 Å². The van der Waals surface area contributed by atoms with Crippen LogP contribution in [0, 0.1) is 0 Å². The van der Waals surface area contributed by atoms with Gasteiger partial charge >= 0.3 is 5.69 Å². The van der Waals surface area contributed by atoms with E-state index in [1.54, 1.807) is 53.7 Å². The zero-order chi connectivity index (χ0) is 16.4. The molecule has 6 heteroatoms. The number of nitrogens with one attached hydrogen (secondary N) is 1. The predicted octanol–water partition coefficient (Wildman–Crippen LogP) is 1.64. The van der Waals surface area contributed by atoms with Crippen LogP contribution in [0.1, 0.15) is 15.9 Å². The Balaban J connectivity index is 1.80. The van der Waals surface area contributed by atoms with Crippen molar-refractivity contribution < 1.29 is 4.79 Å². The first-order valence-corrected chi connectivity index (χ1v) is 7.12. The molecule has 1 N–H and O–H groups in total. The van der Waals surface area contributed by atoms with Crippen LogP contribution in [0.2, 0.25) is 0 Å². The highest BCUT2D eigenvalue weighted by molar-refractivity contribution is 5.95. The van der Waals surface area contributed by atoms with Crippen molar-refractivity contribution in [3.05, 3.63) is 70.1 Å². The van der Waals surface area contributed by atoms with Crippen molar-refractivity contribution >= 4 is 23.2 Å². The fraction of sp³-hybridized carbons (Fsp3) is 0.118. The molecule has 0 atom stereocenters. The lowest BCUT2D eigenvalue weighted by Gasteiger charge is -2.00. The van der Waals surface area contributed by atoms with Gasteiger partial charge in [0.25, 0.3) is 5.91 Å². The van der Waals surface area contributed by atoms with Gasteiger partial charge in [-0.1, -0.05) is 24.3 Å². The smallest absolute Gasteiger partial charge is 0.295 e. The molecule has 0 saturated heterocycles. The molecule has 6 nitrogen and oxygen atoms in total. The Kier molecular flexibility index (Phi) is 3.80. The maximum atomic E-state index is 11.9. The van der Waals surface area contributed by atoms with E-state index in [9.17, 15) is 9.59 Å². The third-order valence-electron chi connectivity index (χ3n) is 3.71. The summed E-state index contributed by atoms with van der Waals surface area (Å²) >= 11 is 0. The van der Waals surface area contributed by atoms with Crippen LogP contribution in [0.25, 0.3) is 11.0 Å². The number of imidazole rings is 1. The monoisotopic (exact) mass is 308 g/mol. The van der Waals surface area contributed by atoms with E-state index in [1.165, 1.54) is 0 Å². The Labute approximate surface area is 132 Å². The van der Waals surface area contributed by atoms with Crippen LogP contribution in [0.3, 0.4) is 0 Å². The van der Waals surface area contributed by atoms with Crippen molar-refractivity contribution in [2.75, 3.05) is 0 Å². The van der Waals surface area contributed by atoms with Crippen molar-refractivity contribution in [2.45, 2.75) is 0 Å². The van der Waals surface area contributed by atoms with E-state index in [4.69, 9.17) is 0 Å². The molecule has 0 fully saturated rings. The van der Waals surface area contributed by atoms with Gasteiger partial charge in [-0.2, -0.15) is 5.10 Å². The first-order valence-electron chi connectivity index (χ1n) is 7.12. The summed E-state index contributed by atoms with van der Waals surface area (Å²) in [5.41, 5.74) is 5.42. The lowest BCUT2D eigenvalue weighted by atomic mass is 10.2. The summed E-state index contributed by atoms with van der Waals surface area (Å²) in [5, 5.41) is 3.96. The molecule has 1 aromatic heterocycles. The Hall–Kier alpha value is -3.15. The first kappa shape index (κ1) is 14.8. The average Bonchev–Trinajstić information content (AvgIpc) is 2.80. The summed E-state index contributed by atoms with van der Waals surface area (Å²) in [5.74, 6) is -0.268. The van der Waals surface area contributed by atoms with E-state index in [2.05, 4.69) is 10.5 Å². The maximum Gasteiger partial charge on any atom is 0.328 e. The van der Waals surface area contributed by atoms with Crippen LogP contribution in [-0.4, -0.2) is 21.3 Å². The molecular formula is C17H16N4O2. The Morgan fingerprint density at radius 3 is 2.48 bits per heavy atom. The van der Waals surface area contributed by atoms with Gasteiger partial charge in [-0.25, -0.2) is 10.2 Å². The SMILES string of the molecule is Cn1c(=O)n(C)c2cc(/C=N/NC(=O)c3ccccc3)ccc21. The van der Waals surface area contributed by atoms with Gasteiger partial charge in [0.05, 0.1) is 17.2 Å². The minimum Gasteiger partial charge on any atom is -0.295 e. The van der Waals surface area contributed by atoms with E-state index < -0.39 is 0 Å². The van der Waals surface area contributed by atoms with E-state index in [-0.39, 0.29) is 11.6 Å². The second kappa shape index (κ2) is 5.92. The van der Waals surface area contributed by atoms with E-state index in [1.807, 2.05) is 24.3 Å². The topological polar surface area (TPSA) is 68.4 Å². The number of hydrogen-bond acceptors (Lipinski definition) is 3. The highest BCUT2D eigenvalue weighted by Crippen LogP contribution is 2.12. The summed E-state index contributed by atoms with van der Waals surface area (Å²) in [6.45, 7) is 0. The van der Waals surface area contributed by atoms with Crippen molar-refractivity contribution in [3.8, 4) is 0 Å². The molecule has 0 saturated carbocycles. The van der Waals surface area contributed by atoms with Gasteiger partial charge in [-0.3, -0.25) is 13.9 Å². The number of rotatable bonds is 3. The Bertz CT molecular complexity index is 952. The van der Waals surface area contributed by atoms with E-state index in [0.717, 1.165) is 16.6 Å². The van der Waals surface area contributed by atoms with Crippen LogP contribution >= 0.6 is 0 Å². The van der Waals surface area contributed by atoms with Crippen molar-refractivity contribution in [2.24, 2.45) is 19.2 Å². The van der Waals surface area contributed by atoms with Crippen LogP contribution in [-0.2, 0) is 14.1 Å². The number of amides is 1. The molecule has 3 rings (SSSR count). The fourth-order valence-corrected chi connectivity index (χ4v) is 2.42. The summed E-state index contributed by atoms with van der Waals surface area (Å²) in [6.07, 6.45) is 1.55. The van der Waals surface area contributed by atoms with Gasteiger partial charge in [-0.05, 0) is 29.8 Å². The van der Waals surface area contributed by atoms with E-state index in [0.29, 0.717) is 5.56 Å². The van der Waals surface area contributed by atoms with Gasteiger partial charge in [0.1, 0.15) is 0 Å². The predicted molar refractivity (Wildman–Crippen MR) is 89.7 cm³/mol. The number of fused-ring (bicyclic) bond motifs is 1. The third-order valence-corrected chi connectivity index (χ3v) is 3.71. The molecule has 23 heavy (non-hydrogen) atoms. The molecule has 0 aliphatic heterocycles. The second-order valence-corrected chi connectivity index (χ2v) is 5.21. The fourth-order valence-electron chi connectivity index (χ4n) is 2.42. The highest BCUT2D eigenvalue weighted by atomic mass is 16.2. The molecule has 116 valence electrons. The zero-order valence-corrected chi connectivity index (χ0v) is 12.9. The summed E-state index contributed by atoms with van der Waals surface area (Å²) < 4.78 is 3.17. The molecule has 0 unspecified atom stereocenters. The summed E-state index contributed by atoms with van der Waals surface area (Å²) in [4.78, 5) is 23.8.